The number of aromatic nitrogens is 1. The minimum Gasteiger partial charge on any atom is -0.357 e. The zero-order valence-electron chi connectivity index (χ0n) is 16.3. The smallest absolute Gasteiger partial charge is 0.228 e. The second-order valence-corrected chi connectivity index (χ2v) is 7.91. The van der Waals surface area contributed by atoms with Gasteiger partial charge in [0.05, 0.1) is 11.9 Å². The molecule has 4 rings (SSSR count). The van der Waals surface area contributed by atoms with Crippen LogP contribution in [-0.4, -0.2) is 24.0 Å². The molecule has 0 radical (unpaired) electrons. The molecule has 0 atom stereocenters. The van der Waals surface area contributed by atoms with Crippen molar-refractivity contribution in [3.8, 4) is 0 Å². The summed E-state index contributed by atoms with van der Waals surface area (Å²) in [5.74, 6) is 0.226. The predicted molar refractivity (Wildman–Crippen MR) is 116 cm³/mol. The van der Waals surface area contributed by atoms with Crippen LogP contribution in [0.25, 0.3) is 10.9 Å². The fourth-order valence-electron chi connectivity index (χ4n) is 3.81. The van der Waals surface area contributed by atoms with Crippen molar-refractivity contribution < 1.29 is 9.18 Å². The molecule has 0 aliphatic carbocycles. The Labute approximate surface area is 174 Å². The summed E-state index contributed by atoms with van der Waals surface area (Å²) in [6, 6.07) is 12.2. The summed E-state index contributed by atoms with van der Waals surface area (Å²) in [4.78, 5) is 19.6. The minimum atomic E-state index is -0.476. The van der Waals surface area contributed by atoms with Gasteiger partial charge in [0.1, 0.15) is 11.6 Å². The van der Waals surface area contributed by atoms with E-state index in [1.807, 2.05) is 18.2 Å². The average molecular weight is 412 g/mol. The standard InChI is InChI=1S/C23H23ClFN3O/c1-15-12-22(28-10-3-2-4-11-28)27-21-9-8-16(13-17(15)21)26-23(29)14-18-19(24)6-5-7-20(18)25/h5-9,12-13H,2-4,10-11,14H2,1H3,(H,26,29). The lowest BCUT2D eigenvalue weighted by Gasteiger charge is -2.28. The van der Waals surface area contributed by atoms with Crippen LogP contribution < -0.4 is 10.2 Å². The number of aryl methyl sites for hydroxylation is 1. The molecule has 1 aromatic heterocycles. The Morgan fingerprint density at radius 2 is 1.97 bits per heavy atom. The third-order valence-electron chi connectivity index (χ3n) is 5.36. The van der Waals surface area contributed by atoms with E-state index in [9.17, 15) is 9.18 Å². The topological polar surface area (TPSA) is 45.2 Å². The number of benzene rings is 2. The van der Waals surface area contributed by atoms with Crippen molar-refractivity contribution in [2.75, 3.05) is 23.3 Å². The van der Waals surface area contributed by atoms with Gasteiger partial charge in [0.25, 0.3) is 0 Å². The first-order valence-electron chi connectivity index (χ1n) is 9.90. The van der Waals surface area contributed by atoms with Crippen molar-refractivity contribution in [3.05, 3.63) is 64.4 Å². The number of nitrogens with one attached hydrogen (secondary N) is 1. The van der Waals surface area contributed by atoms with Gasteiger partial charge in [-0.1, -0.05) is 17.7 Å². The Kier molecular flexibility index (Phi) is 5.67. The van der Waals surface area contributed by atoms with Gasteiger partial charge in [-0.05, 0) is 68.1 Å². The van der Waals surface area contributed by atoms with Gasteiger partial charge in [-0.2, -0.15) is 0 Å². The largest absolute Gasteiger partial charge is 0.357 e. The Bertz CT molecular complexity index is 1040. The molecule has 1 saturated heterocycles. The van der Waals surface area contributed by atoms with Crippen molar-refractivity contribution >= 4 is 39.9 Å². The number of hydrogen-bond donors (Lipinski definition) is 1. The normalized spacial score (nSPS) is 14.2. The summed E-state index contributed by atoms with van der Waals surface area (Å²) in [6.07, 6.45) is 3.57. The number of hydrogen-bond acceptors (Lipinski definition) is 3. The van der Waals surface area contributed by atoms with Gasteiger partial charge in [0, 0.05) is 34.7 Å². The number of carbonyl (C=O) groups is 1. The summed E-state index contributed by atoms with van der Waals surface area (Å²) >= 11 is 6.02. The van der Waals surface area contributed by atoms with Crippen LogP contribution in [0.2, 0.25) is 5.02 Å². The first kappa shape index (κ1) is 19.6. The SMILES string of the molecule is Cc1cc(N2CCCCC2)nc2ccc(NC(=O)Cc3c(F)cccc3Cl)cc12. The quantitative estimate of drug-likeness (QED) is 0.615. The zero-order valence-corrected chi connectivity index (χ0v) is 17.1. The van der Waals surface area contributed by atoms with E-state index in [1.54, 1.807) is 6.07 Å². The zero-order chi connectivity index (χ0) is 20.4. The second kappa shape index (κ2) is 8.37. The molecule has 3 aromatic rings. The van der Waals surface area contributed by atoms with Crippen LogP contribution in [0.1, 0.15) is 30.4 Å². The van der Waals surface area contributed by atoms with Gasteiger partial charge in [-0.3, -0.25) is 4.79 Å². The van der Waals surface area contributed by atoms with Gasteiger partial charge >= 0.3 is 0 Å². The maximum Gasteiger partial charge on any atom is 0.228 e. The van der Waals surface area contributed by atoms with E-state index in [2.05, 4.69) is 23.2 Å². The number of nitrogens with zero attached hydrogens (tertiary/aromatic N) is 2. The molecule has 1 aliphatic heterocycles. The third-order valence-corrected chi connectivity index (χ3v) is 5.72. The molecule has 6 heteroatoms. The van der Waals surface area contributed by atoms with Gasteiger partial charge in [0.2, 0.25) is 5.91 Å². The van der Waals surface area contributed by atoms with Gasteiger partial charge < -0.3 is 10.2 Å². The highest BCUT2D eigenvalue weighted by Crippen LogP contribution is 2.27. The van der Waals surface area contributed by atoms with Crippen molar-refractivity contribution in [1.82, 2.24) is 4.98 Å². The van der Waals surface area contributed by atoms with E-state index >= 15 is 0 Å². The molecular weight excluding hydrogens is 389 g/mol. The summed E-state index contributed by atoms with van der Waals surface area (Å²) < 4.78 is 13.9. The number of halogens is 2. The van der Waals surface area contributed by atoms with E-state index in [4.69, 9.17) is 16.6 Å². The second-order valence-electron chi connectivity index (χ2n) is 7.50. The minimum absolute atomic E-state index is 0.116. The van der Waals surface area contributed by atoms with Crippen LogP contribution in [0.5, 0.6) is 0 Å². The number of carbonyl (C=O) groups excluding carboxylic acids is 1. The predicted octanol–water partition coefficient (Wildman–Crippen LogP) is 5.51. The van der Waals surface area contributed by atoms with E-state index in [1.165, 1.54) is 31.4 Å². The van der Waals surface area contributed by atoms with E-state index < -0.39 is 5.82 Å². The Balaban J connectivity index is 1.54. The van der Waals surface area contributed by atoms with E-state index in [0.717, 1.165) is 35.4 Å². The molecule has 0 saturated carbocycles. The van der Waals surface area contributed by atoms with Crippen LogP contribution in [0, 0.1) is 12.7 Å². The molecule has 0 bridgehead atoms. The molecule has 1 fully saturated rings. The Morgan fingerprint density at radius 1 is 1.17 bits per heavy atom. The number of piperidine rings is 1. The number of fused-ring (bicyclic) bond motifs is 1. The summed E-state index contributed by atoms with van der Waals surface area (Å²) in [5.41, 5.74) is 2.88. The highest BCUT2D eigenvalue weighted by molar-refractivity contribution is 6.31. The van der Waals surface area contributed by atoms with Crippen molar-refractivity contribution in [2.45, 2.75) is 32.6 Å². The molecule has 0 spiro atoms. The summed E-state index contributed by atoms with van der Waals surface area (Å²) in [5, 5.41) is 4.09. The van der Waals surface area contributed by atoms with Crippen molar-refractivity contribution in [1.29, 1.82) is 0 Å². The van der Waals surface area contributed by atoms with Crippen LogP contribution in [0.3, 0.4) is 0 Å². The number of anilines is 2. The lowest BCUT2D eigenvalue weighted by molar-refractivity contribution is -0.115. The number of rotatable bonds is 4. The lowest BCUT2D eigenvalue weighted by Crippen LogP contribution is -2.30. The molecule has 2 aromatic carbocycles. The van der Waals surface area contributed by atoms with E-state index in [-0.39, 0.29) is 22.9 Å². The summed E-state index contributed by atoms with van der Waals surface area (Å²) in [7, 11) is 0. The molecule has 2 heterocycles. The van der Waals surface area contributed by atoms with Gasteiger partial charge in [-0.25, -0.2) is 9.37 Å². The monoisotopic (exact) mass is 411 g/mol. The van der Waals surface area contributed by atoms with Crippen LogP contribution >= 0.6 is 11.6 Å². The molecule has 29 heavy (non-hydrogen) atoms. The number of pyridine rings is 1. The first-order chi connectivity index (χ1) is 14.0. The molecule has 1 N–H and O–H groups in total. The Hall–Kier alpha value is -2.66. The molecule has 4 nitrogen and oxygen atoms in total. The molecule has 150 valence electrons. The maximum absolute atomic E-state index is 13.9. The first-order valence-corrected chi connectivity index (χ1v) is 10.3. The lowest BCUT2D eigenvalue weighted by atomic mass is 10.1. The molecule has 0 unspecified atom stereocenters. The van der Waals surface area contributed by atoms with Crippen LogP contribution in [-0.2, 0) is 11.2 Å². The summed E-state index contributed by atoms with van der Waals surface area (Å²) in [6.45, 7) is 4.15. The highest BCUT2D eigenvalue weighted by atomic mass is 35.5. The van der Waals surface area contributed by atoms with Crippen LogP contribution in [0.4, 0.5) is 15.9 Å². The Morgan fingerprint density at radius 3 is 2.72 bits per heavy atom. The van der Waals surface area contributed by atoms with Gasteiger partial charge in [0.15, 0.2) is 0 Å². The fraction of sp³-hybridized carbons (Fsp3) is 0.304. The number of amides is 1. The molecular formula is C23H23ClFN3O. The fourth-order valence-corrected chi connectivity index (χ4v) is 4.04. The maximum atomic E-state index is 13.9. The molecule has 1 amide bonds. The molecule has 1 aliphatic rings. The van der Waals surface area contributed by atoms with Crippen molar-refractivity contribution in [2.24, 2.45) is 0 Å². The highest BCUT2D eigenvalue weighted by Gasteiger charge is 2.15. The van der Waals surface area contributed by atoms with Gasteiger partial charge in [-0.15, -0.1) is 0 Å². The van der Waals surface area contributed by atoms with Crippen LogP contribution in [0.15, 0.2) is 42.5 Å². The van der Waals surface area contributed by atoms with Crippen molar-refractivity contribution in [3.63, 3.8) is 0 Å². The third kappa shape index (κ3) is 4.35. The average Bonchev–Trinajstić information content (AvgIpc) is 2.72. The van der Waals surface area contributed by atoms with E-state index in [0.29, 0.717) is 5.69 Å².